The third-order valence-corrected chi connectivity index (χ3v) is 2.63. The maximum absolute atomic E-state index is 11.9. The molecule has 0 fully saturated rings. The molecule has 2 rings (SSSR count). The molecule has 8 heteroatoms. The second kappa shape index (κ2) is 5.87. The van der Waals surface area contributed by atoms with Crippen LogP contribution in [0.3, 0.4) is 0 Å². The summed E-state index contributed by atoms with van der Waals surface area (Å²) in [5.41, 5.74) is 0.215. The number of anilines is 1. The number of aromatic amines is 1. The first-order valence-electron chi connectivity index (χ1n) is 5.79. The van der Waals surface area contributed by atoms with E-state index in [1.54, 1.807) is 0 Å². The van der Waals surface area contributed by atoms with Crippen LogP contribution in [-0.2, 0) is 4.74 Å². The molecule has 2 aromatic rings. The number of amides is 1. The third kappa shape index (κ3) is 3.06. The summed E-state index contributed by atoms with van der Waals surface area (Å²) >= 11 is 0. The average Bonchev–Trinajstić information content (AvgIpc) is 2.97. The Kier molecular flexibility index (Phi) is 3.98. The molecule has 0 bridgehead atoms. The zero-order valence-electron chi connectivity index (χ0n) is 10.9. The van der Waals surface area contributed by atoms with Crippen LogP contribution in [0.1, 0.15) is 31.3 Å². The van der Waals surface area contributed by atoms with Gasteiger partial charge in [0.25, 0.3) is 5.91 Å². The Labute approximate surface area is 118 Å². The van der Waals surface area contributed by atoms with Gasteiger partial charge < -0.3 is 20.1 Å². The largest absolute Gasteiger partial charge is 0.477 e. The van der Waals surface area contributed by atoms with E-state index in [9.17, 15) is 14.4 Å². The molecule has 1 aromatic heterocycles. The SMILES string of the molecule is COC(=O)c1ccc(NC(=O)c2nc[nH]c2C(=O)O)cc1. The number of H-pyrrole nitrogens is 1. The van der Waals surface area contributed by atoms with Gasteiger partial charge in [-0.15, -0.1) is 0 Å². The molecule has 0 atom stereocenters. The van der Waals surface area contributed by atoms with Crippen molar-refractivity contribution < 1.29 is 24.2 Å². The molecule has 21 heavy (non-hydrogen) atoms. The van der Waals surface area contributed by atoms with Gasteiger partial charge in [0.2, 0.25) is 0 Å². The molecule has 0 spiro atoms. The Morgan fingerprint density at radius 2 is 1.90 bits per heavy atom. The number of carboxylic acids is 1. The van der Waals surface area contributed by atoms with Crippen LogP contribution < -0.4 is 5.32 Å². The molecule has 0 aliphatic rings. The monoisotopic (exact) mass is 289 g/mol. The number of carbonyl (C=O) groups is 3. The van der Waals surface area contributed by atoms with Gasteiger partial charge in [0.05, 0.1) is 19.0 Å². The van der Waals surface area contributed by atoms with Crippen LogP contribution in [0.5, 0.6) is 0 Å². The van der Waals surface area contributed by atoms with Crippen LogP contribution in [-0.4, -0.2) is 40.0 Å². The molecule has 8 nitrogen and oxygen atoms in total. The predicted molar refractivity (Wildman–Crippen MR) is 71.3 cm³/mol. The number of aromatic carboxylic acids is 1. The molecule has 0 saturated carbocycles. The lowest BCUT2D eigenvalue weighted by Gasteiger charge is -2.05. The van der Waals surface area contributed by atoms with Crippen molar-refractivity contribution in [2.24, 2.45) is 0 Å². The number of imidazole rings is 1. The fourth-order valence-corrected chi connectivity index (χ4v) is 1.63. The molecule has 0 aliphatic heterocycles. The zero-order chi connectivity index (χ0) is 15.4. The van der Waals surface area contributed by atoms with Crippen LogP contribution in [0.25, 0.3) is 0 Å². The first kappa shape index (κ1) is 14.3. The average molecular weight is 289 g/mol. The van der Waals surface area contributed by atoms with Crippen LogP contribution in [0, 0.1) is 0 Å². The van der Waals surface area contributed by atoms with Crippen LogP contribution >= 0.6 is 0 Å². The van der Waals surface area contributed by atoms with Crippen molar-refractivity contribution in [3.63, 3.8) is 0 Å². The molecule has 1 heterocycles. The Morgan fingerprint density at radius 1 is 1.24 bits per heavy atom. The van der Waals surface area contributed by atoms with E-state index in [1.807, 2.05) is 0 Å². The summed E-state index contributed by atoms with van der Waals surface area (Å²) in [4.78, 5) is 40.1. The van der Waals surface area contributed by atoms with Crippen LogP contribution in [0.4, 0.5) is 5.69 Å². The molecule has 0 radical (unpaired) electrons. The summed E-state index contributed by atoms with van der Waals surface area (Å²) in [7, 11) is 1.27. The number of rotatable bonds is 4. The van der Waals surface area contributed by atoms with E-state index in [2.05, 4.69) is 20.0 Å². The van der Waals surface area contributed by atoms with Crippen molar-refractivity contribution in [2.45, 2.75) is 0 Å². The van der Waals surface area contributed by atoms with Gasteiger partial charge in [-0.25, -0.2) is 14.6 Å². The van der Waals surface area contributed by atoms with Gasteiger partial charge in [-0.1, -0.05) is 0 Å². The fourth-order valence-electron chi connectivity index (χ4n) is 1.63. The Bertz CT molecular complexity index is 690. The zero-order valence-corrected chi connectivity index (χ0v) is 10.9. The summed E-state index contributed by atoms with van der Waals surface area (Å²) in [6, 6.07) is 5.95. The van der Waals surface area contributed by atoms with E-state index in [-0.39, 0.29) is 11.4 Å². The van der Waals surface area contributed by atoms with Gasteiger partial charge in [-0.3, -0.25) is 4.79 Å². The van der Waals surface area contributed by atoms with E-state index >= 15 is 0 Å². The molecule has 3 N–H and O–H groups in total. The van der Waals surface area contributed by atoms with E-state index < -0.39 is 17.8 Å². The summed E-state index contributed by atoms with van der Waals surface area (Å²) in [6.07, 6.45) is 1.12. The highest BCUT2D eigenvalue weighted by Gasteiger charge is 2.19. The van der Waals surface area contributed by atoms with Gasteiger partial charge in [0.1, 0.15) is 0 Å². The lowest BCUT2D eigenvalue weighted by molar-refractivity contribution is 0.0599. The second-order valence-corrected chi connectivity index (χ2v) is 3.95. The van der Waals surface area contributed by atoms with Crippen molar-refractivity contribution in [1.82, 2.24) is 9.97 Å². The van der Waals surface area contributed by atoms with Gasteiger partial charge >= 0.3 is 11.9 Å². The van der Waals surface area contributed by atoms with E-state index in [0.29, 0.717) is 11.3 Å². The number of aromatic nitrogens is 2. The minimum absolute atomic E-state index is 0.223. The minimum atomic E-state index is -1.28. The topological polar surface area (TPSA) is 121 Å². The lowest BCUT2D eigenvalue weighted by Crippen LogP contribution is -2.16. The molecule has 1 aromatic carbocycles. The summed E-state index contributed by atoms with van der Waals surface area (Å²) in [5.74, 6) is -2.44. The van der Waals surface area contributed by atoms with Crippen molar-refractivity contribution >= 4 is 23.5 Å². The number of carbonyl (C=O) groups excluding carboxylic acids is 2. The summed E-state index contributed by atoms with van der Waals surface area (Å²) in [5, 5.41) is 11.4. The van der Waals surface area contributed by atoms with Gasteiger partial charge in [0, 0.05) is 5.69 Å². The normalized spacial score (nSPS) is 9.95. The molecular formula is C13H11N3O5. The number of ether oxygens (including phenoxy) is 1. The van der Waals surface area contributed by atoms with E-state index in [0.717, 1.165) is 6.33 Å². The number of carboxylic acid groups (broad SMARTS) is 1. The Hall–Kier alpha value is -3.16. The predicted octanol–water partition coefficient (Wildman–Crippen LogP) is 1.15. The summed E-state index contributed by atoms with van der Waals surface area (Å²) in [6.45, 7) is 0. The fraction of sp³-hybridized carbons (Fsp3) is 0.0769. The first-order chi connectivity index (χ1) is 10.0. The highest BCUT2D eigenvalue weighted by molar-refractivity contribution is 6.08. The molecule has 0 unspecified atom stereocenters. The smallest absolute Gasteiger partial charge is 0.354 e. The maximum atomic E-state index is 11.9. The number of hydrogen-bond acceptors (Lipinski definition) is 5. The van der Waals surface area contributed by atoms with Crippen molar-refractivity contribution in [3.8, 4) is 0 Å². The Balaban J connectivity index is 2.14. The van der Waals surface area contributed by atoms with E-state index in [1.165, 1.54) is 31.4 Å². The van der Waals surface area contributed by atoms with Crippen LogP contribution in [0.2, 0.25) is 0 Å². The van der Waals surface area contributed by atoms with Crippen molar-refractivity contribution in [3.05, 3.63) is 47.5 Å². The van der Waals surface area contributed by atoms with Gasteiger partial charge in [-0.05, 0) is 24.3 Å². The molecule has 0 aliphatic carbocycles. The van der Waals surface area contributed by atoms with Crippen molar-refractivity contribution in [2.75, 3.05) is 12.4 Å². The number of benzene rings is 1. The van der Waals surface area contributed by atoms with Crippen LogP contribution in [0.15, 0.2) is 30.6 Å². The van der Waals surface area contributed by atoms with Gasteiger partial charge in [-0.2, -0.15) is 0 Å². The summed E-state index contributed by atoms with van der Waals surface area (Å²) < 4.78 is 4.55. The third-order valence-electron chi connectivity index (χ3n) is 2.63. The number of esters is 1. The first-order valence-corrected chi connectivity index (χ1v) is 5.79. The molecule has 0 saturated heterocycles. The number of nitrogens with one attached hydrogen (secondary N) is 2. The quantitative estimate of drug-likeness (QED) is 0.726. The van der Waals surface area contributed by atoms with Gasteiger partial charge in [0.15, 0.2) is 11.4 Å². The van der Waals surface area contributed by atoms with Crippen molar-refractivity contribution in [1.29, 1.82) is 0 Å². The van der Waals surface area contributed by atoms with E-state index in [4.69, 9.17) is 5.11 Å². The second-order valence-electron chi connectivity index (χ2n) is 3.95. The number of nitrogens with zero attached hydrogens (tertiary/aromatic N) is 1. The standard InChI is InChI=1S/C13H11N3O5/c1-21-13(20)7-2-4-8(5-3-7)16-11(17)9-10(12(18)19)15-6-14-9/h2-6H,1H3,(H,14,15)(H,16,17)(H,18,19). The highest BCUT2D eigenvalue weighted by atomic mass is 16.5. The maximum Gasteiger partial charge on any atom is 0.354 e. The highest BCUT2D eigenvalue weighted by Crippen LogP contribution is 2.12. The Morgan fingerprint density at radius 3 is 2.48 bits per heavy atom. The molecule has 108 valence electrons. The minimum Gasteiger partial charge on any atom is -0.477 e. The number of hydrogen-bond donors (Lipinski definition) is 3. The molecular weight excluding hydrogens is 278 g/mol. The lowest BCUT2D eigenvalue weighted by atomic mass is 10.2. The molecule has 1 amide bonds. The number of methoxy groups -OCH3 is 1.